The van der Waals surface area contributed by atoms with Crippen molar-refractivity contribution in [3.05, 3.63) is 71.3 Å². The van der Waals surface area contributed by atoms with Crippen molar-refractivity contribution in [2.45, 2.75) is 181 Å². The maximum atomic E-state index is 12.8. The summed E-state index contributed by atoms with van der Waals surface area (Å²) >= 11 is 0. The topological polar surface area (TPSA) is 139 Å². The van der Waals surface area contributed by atoms with E-state index in [1.165, 1.54) is 49.0 Å². The van der Waals surface area contributed by atoms with Gasteiger partial charge in [-0.3, -0.25) is 23.4 Å². The normalized spacial score (nSPS) is 13.8. The first-order valence-corrected chi connectivity index (χ1v) is 25.2. The van der Waals surface area contributed by atoms with E-state index in [0.29, 0.717) is 36.7 Å². The molecule has 0 saturated carbocycles. The number of aryl methyl sites for hydroxylation is 2. The summed E-state index contributed by atoms with van der Waals surface area (Å²) in [6.45, 7) is 8.47. The van der Waals surface area contributed by atoms with Crippen molar-refractivity contribution in [1.82, 2.24) is 0 Å². The van der Waals surface area contributed by atoms with Crippen molar-refractivity contribution >= 4 is 25.5 Å². The predicted molar refractivity (Wildman–Crippen MR) is 251 cm³/mol. The van der Waals surface area contributed by atoms with Gasteiger partial charge in [-0.05, 0) is 82.4 Å². The minimum atomic E-state index is -4.42. The molecule has 0 aliphatic carbocycles. The molecule has 0 radical (unpaired) electrons. The molecule has 12 heteroatoms. The third kappa shape index (κ3) is 31.7. The molecular formula is C50H85NO10P+. The van der Waals surface area contributed by atoms with Gasteiger partial charge in [0.25, 0.3) is 0 Å². The van der Waals surface area contributed by atoms with Gasteiger partial charge in [-0.1, -0.05) is 121 Å². The number of phosphoric ester groups is 1. The van der Waals surface area contributed by atoms with Gasteiger partial charge in [0.15, 0.2) is 11.9 Å². The second kappa shape index (κ2) is 35.3. The molecule has 62 heavy (non-hydrogen) atoms. The van der Waals surface area contributed by atoms with Crippen LogP contribution in [0.4, 0.5) is 0 Å². The van der Waals surface area contributed by atoms with Crippen LogP contribution in [0, 0.1) is 13.8 Å². The number of carbonyl (C=O) groups is 3. The molecule has 0 aliphatic heterocycles. The molecule has 0 saturated heterocycles. The van der Waals surface area contributed by atoms with Crippen LogP contribution in [0.1, 0.15) is 171 Å². The van der Waals surface area contributed by atoms with Crippen molar-refractivity contribution in [3.8, 4) is 0 Å². The van der Waals surface area contributed by atoms with Crippen LogP contribution >= 0.6 is 7.82 Å². The number of furan rings is 1. The molecule has 0 aliphatic rings. The molecule has 2 atom stereocenters. The van der Waals surface area contributed by atoms with Crippen LogP contribution in [0.15, 0.2) is 53.0 Å². The number of quaternary nitrogens is 1. The van der Waals surface area contributed by atoms with Crippen molar-refractivity contribution in [3.63, 3.8) is 0 Å². The molecule has 1 rings (SSSR count). The molecule has 1 aromatic heterocycles. The maximum absolute atomic E-state index is 12.8. The van der Waals surface area contributed by atoms with Gasteiger partial charge in [0.05, 0.1) is 27.7 Å². The number of hydrogen-bond donors (Lipinski definition) is 1. The Hall–Kier alpha value is -3.08. The zero-order valence-corrected chi connectivity index (χ0v) is 40.7. The van der Waals surface area contributed by atoms with E-state index >= 15 is 0 Å². The molecule has 0 aromatic carbocycles. The summed E-state index contributed by atoms with van der Waals surface area (Å²) in [7, 11) is 1.38. The molecule has 1 unspecified atom stereocenters. The lowest BCUT2D eigenvalue weighted by Crippen LogP contribution is -2.37. The summed E-state index contributed by atoms with van der Waals surface area (Å²) in [5, 5.41) is 0. The van der Waals surface area contributed by atoms with Crippen LogP contribution in [-0.2, 0) is 50.3 Å². The third-order valence-corrected chi connectivity index (χ3v) is 11.5. The Morgan fingerprint density at radius 3 is 1.85 bits per heavy atom. The van der Waals surface area contributed by atoms with Gasteiger partial charge in [0.2, 0.25) is 0 Å². The summed E-state index contributed by atoms with van der Waals surface area (Å²) in [6.07, 6.45) is 35.4. The van der Waals surface area contributed by atoms with Gasteiger partial charge in [-0.15, -0.1) is 0 Å². The van der Waals surface area contributed by atoms with E-state index in [0.717, 1.165) is 82.8 Å². The monoisotopic (exact) mass is 891 g/mol. The van der Waals surface area contributed by atoms with Crippen LogP contribution in [0.25, 0.3) is 0 Å². The zero-order chi connectivity index (χ0) is 45.9. The molecule has 0 spiro atoms. The first-order valence-electron chi connectivity index (χ1n) is 23.7. The van der Waals surface area contributed by atoms with Crippen LogP contribution < -0.4 is 0 Å². The number of ether oxygens (including phenoxy) is 2. The van der Waals surface area contributed by atoms with Crippen LogP contribution in [-0.4, -0.2) is 80.7 Å². The fourth-order valence-corrected chi connectivity index (χ4v) is 7.23. The molecule has 1 aromatic rings. The van der Waals surface area contributed by atoms with Crippen molar-refractivity contribution in [1.29, 1.82) is 0 Å². The summed E-state index contributed by atoms with van der Waals surface area (Å²) in [5.41, 5.74) is 2.64. The lowest BCUT2D eigenvalue weighted by molar-refractivity contribution is -0.870. The Morgan fingerprint density at radius 1 is 0.661 bits per heavy atom. The van der Waals surface area contributed by atoms with Gasteiger partial charge in [-0.2, -0.15) is 0 Å². The quantitative estimate of drug-likeness (QED) is 0.0129. The number of carbonyl (C=O) groups excluding carboxylic acids is 3. The molecule has 1 heterocycles. The highest BCUT2D eigenvalue weighted by Gasteiger charge is 2.27. The molecule has 0 amide bonds. The second-order valence-corrected chi connectivity index (χ2v) is 18.9. The maximum Gasteiger partial charge on any atom is 0.472 e. The minimum Gasteiger partial charge on any atom is -0.466 e. The van der Waals surface area contributed by atoms with Gasteiger partial charge >= 0.3 is 19.8 Å². The van der Waals surface area contributed by atoms with Crippen LogP contribution in [0.5, 0.6) is 0 Å². The minimum absolute atomic E-state index is 0.00437. The number of hydrogen-bond acceptors (Lipinski definition) is 9. The van der Waals surface area contributed by atoms with E-state index < -0.39 is 32.5 Å². The number of likely N-dealkylation sites (N-methyl/N-ethyl adjacent to an activating group) is 1. The molecular weight excluding hydrogens is 806 g/mol. The Labute approximate surface area is 376 Å². The van der Waals surface area contributed by atoms with Gasteiger partial charge < -0.3 is 23.3 Å². The van der Waals surface area contributed by atoms with Gasteiger partial charge in [0.1, 0.15) is 31.3 Å². The first-order chi connectivity index (χ1) is 29.7. The van der Waals surface area contributed by atoms with E-state index in [-0.39, 0.29) is 31.8 Å². The number of rotatable bonds is 39. The Balaban J connectivity index is 2.40. The summed E-state index contributed by atoms with van der Waals surface area (Å²) in [4.78, 5) is 47.3. The average Bonchev–Trinajstić information content (AvgIpc) is 3.48. The Kier molecular flexibility index (Phi) is 32.4. The molecule has 11 nitrogen and oxygen atoms in total. The van der Waals surface area contributed by atoms with Crippen molar-refractivity contribution in [2.75, 3.05) is 47.5 Å². The van der Waals surface area contributed by atoms with Crippen molar-refractivity contribution in [2.24, 2.45) is 0 Å². The van der Waals surface area contributed by atoms with Gasteiger partial charge in [-0.25, -0.2) is 4.57 Å². The largest absolute Gasteiger partial charge is 0.472 e. The molecule has 0 fully saturated rings. The van der Waals surface area contributed by atoms with Crippen LogP contribution in [0.2, 0.25) is 0 Å². The van der Waals surface area contributed by atoms with Gasteiger partial charge in [0, 0.05) is 32.1 Å². The van der Waals surface area contributed by atoms with E-state index in [2.05, 4.69) is 39.8 Å². The fourth-order valence-electron chi connectivity index (χ4n) is 6.49. The van der Waals surface area contributed by atoms with Crippen LogP contribution in [0.3, 0.4) is 0 Å². The number of phosphoric acid groups is 1. The Bertz CT molecular complexity index is 1540. The predicted octanol–water partition coefficient (Wildman–Crippen LogP) is 12.3. The SMILES string of the molecule is CCCCCC(=O)/C=C/C=C\C/C=C\C/C=C\CCCC(=O)OC[C@H](COP(=O)(O)OCC[N+](C)(C)C)OC(=O)CCCCCCCCCCc1oc(CCCCC)c(C)c1C. The van der Waals surface area contributed by atoms with E-state index in [9.17, 15) is 23.8 Å². The molecule has 1 N–H and O–H groups in total. The standard InChI is InChI=1S/C50H84NO10P/c1-8-10-27-33-45(52)34-29-23-19-15-13-12-14-16-21-25-31-37-49(53)57-41-46(42-59-62(55,56)58-40-39-51(5,6)7)60-50(54)38-32-26-22-18-17-20-24-30-36-48-44(4)43(3)47(61-48)35-28-11-9-2/h12-13,16,19,21,23,29,34,46H,8-11,14-15,17-18,20,22,24-28,30-33,35-42H2,1-7H3/p+1/b13-12-,21-16-,23-19-,34-29+/t46-/m1/s1. The van der Waals surface area contributed by atoms with E-state index in [1.54, 1.807) is 12.2 Å². The second-order valence-electron chi connectivity index (χ2n) is 17.4. The molecule has 0 bridgehead atoms. The van der Waals surface area contributed by atoms with Crippen molar-refractivity contribution < 1.29 is 51.3 Å². The molecule has 354 valence electrons. The zero-order valence-electron chi connectivity index (χ0n) is 39.8. The Morgan fingerprint density at radius 2 is 1.21 bits per heavy atom. The lowest BCUT2D eigenvalue weighted by Gasteiger charge is -2.24. The van der Waals surface area contributed by atoms with E-state index in [4.69, 9.17) is 22.9 Å². The van der Waals surface area contributed by atoms with E-state index in [1.807, 2.05) is 45.4 Å². The highest BCUT2D eigenvalue weighted by molar-refractivity contribution is 7.47. The number of nitrogens with zero attached hydrogens (tertiary/aromatic N) is 1. The summed E-state index contributed by atoms with van der Waals surface area (Å²) in [5.74, 6) is 1.57. The number of ketones is 1. The highest BCUT2D eigenvalue weighted by Crippen LogP contribution is 2.43. The number of esters is 2. The third-order valence-electron chi connectivity index (χ3n) is 10.5. The first kappa shape index (κ1) is 56.9. The highest BCUT2D eigenvalue weighted by atomic mass is 31.2. The average molecular weight is 891 g/mol. The number of allylic oxidation sites excluding steroid dienone is 8. The lowest BCUT2D eigenvalue weighted by atomic mass is 10.0. The summed E-state index contributed by atoms with van der Waals surface area (Å²) in [6, 6.07) is 0. The smallest absolute Gasteiger partial charge is 0.466 e. The summed E-state index contributed by atoms with van der Waals surface area (Å²) < 4.78 is 40.5. The number of unbranched alkanes of at least 4 members (excludes halogenated alkanes) is 12. The fraction of sp³-hybridized carbons (Fsp3) is 0.700.